The number of pyridine rings is 1. The van der Waals surface area contributed by atoms with Gasteiger partial charge in [0.15, 0.2) is 5.13 Å². The molecule has 4 heterocycles. The highest BCUT2D eigenvalue weighted by Gasteiger charge is 2.54. The highest BCUT2D eigenvalue weighted by molar-refractivity contribution is 8.06. The Morgan fingerprint density at radius 3 is 2.80 bits per heavy atom. The van der Waals surface area contributed by atoms with Gasteiger partial charge < -0.3 is 32.4 Å². The van der Waals surface area contributed by atoms with Crippen molar-refractivity contribution in [3.8, 4) is 0 Å². The quantitative estimate of drug-likeness (QED) is 0.0584. The number of β-lactam (4-membered cyclic amide) rings is 1. The van der Waals surface area contributed by atoms with Crippen LogP contribution in [0.4, 0.5) is 5.13 Å². The van der Waals surface area contributed by atoms with Crippen LogP contribution in [0.25, 0.3) is 0 Å². The Morgan fingerprint density at radius 2 is 2.15 bits per heavy atom. The molecule has 0 aromatic carbocycles. The van der Waals surface area contributed by atoms with Crippen LogP contribution in [-0.2, 0) is 24.9 Å². The van der Waals surface area contributed by atoms with Crippen LogP contribution >= 0.6 is 46.8 Å². The minimum absolute atomic E-state index is 0.0602. The van der Waals surface area contributed by atoms with Crippen LogP contribution in [0.5, 0.6) is 0 Å². The number of thioether (sulfide) groups is 3. The third-order valence-electron chi connectivity index (χ3n) is 5.67. The summed E-state index contributed by atoms with van der Waals surface area (Å²) in [6.07, 6.45) is 1.64. The number of carbonyl (C=O) groups is 4. The van der Waals surface area contributed by atoms with Gasteiger partial charge in [0.2, 0.25) is 17.4 Å². The molecule has 3 amide bonds. The zero-order chi connectivity index (χ0) is 29.7. The van der Waals surface area contributed by atoms with Crippen LogP contribution in [0.1, 0.15) is 18.4 Å². The first kappa shape index (κ1) is 30.6. The van der Waals surface area contributed by atoms with Crippen molar-refractivity contribution in [2.45, 2.75) is 35.0 Å². The fourth-order valence-electron chi connectivity index (χ4n) is 3.74. The van der Waals surface area contributed by atoms with Crippen LogP contribution in [-0.4, -0.2) is 94.5 Å². The lowest BCUT2D eigenvalue weighted by molar-refractivity contribution is -0.150. The van der Waals surface area contributed by atoms with E-state index in [0.717, 1.165) is 27.0 Å². The lowest BCUT2D eigenvalue weighted by atomic mass is 10.0. The van der Waals surface area contributed by atoms with E-state index in [1.54, 1.807) is 30.9 Å². The number of carbonyl (C=O) groups excluding carboxylic acids is 3. The van der Waals surface area contributed by atoms with Gasteiger partial charge in [-0.1, -0.05) is 16.9 Å². The van der Waals surface area contributed by atoms with Crippen LogP contribution in [0.3, 0.4) is 0 Å². The predicted molar refractivity (Wildman–Crippen MR) is 155 cm³/mol. The zero-order valence-corrected chi connectivity index (χ0v) is 24.6. The van der Waals surface area contributed by atoms with Gasteiger partial charge >= 0.3 is 5.97 Å². The molecule has 2 aliphatic heterocycles. The van der Waals surface area contributed by atoms with Crippen LogP contribution in [0, 0.1) is 0 Å². The van der Waals surface area contributed by atoms with Crippen molar-refractivity contribution in [3.05, 3.63) is 40.5 Å². The first-order valence-electron chi connectivity index (χ1n) is 11.9. The van der Waals surface area contributed by atoms with Gasteiger partial charge in [0.05, 0.1) is 11.7 Å². The Morgan fingerprint density at radius 1 is 1.37 bits per heavy atom. The van der Waals surface area contributed by atoms with Gasteiger partial charge in [-0.25, -0.2) is 4.79 Å². The largest absolute Gasteiger partial charge is 0.477 e. The number of nitrogen functional groups attached to an aromatic ring is 1. The van der Waals surface area contributed by atoms with E-state index in [1.165, 1.54) is 23.5 Å². The van der Waals surface area contributed by atoms with Crippen molar-refractivity contribution in [3.63, 3.8) is 0 Å². The molecule has 19 heteroatoms. The Kier molecular flexibility index (Phi) is 10.1. The zero-order valence-electron chi connectivity index (χ0n) is 21.3. The summed E-state index contributed by atoms with van der Waals surface area (Å²) in [6.45, 7) is 2.05. The second-order valence-electron chi connectivity index (χ2n) is 8.53. The number of oxime groups is 1. The van der Waals surface area contributed by atoms with E-state index in [4.69, 9.17) is 11.5 Å². The second-order valence-corrected chi connectivity index (χ2v) is 12.7. The van der Waals surface area contributed by atoms with Gasteiger partial charge in [0, 0.05) is 51.3 Å². The molecule has 1 fully saturated rings. The van der Waals surface area contributed by atoms with Crippen molar-refractivity contribution in [2.24, 2.45) is 10.9 Å². The maximum atomic E-state index is 13.0. The Balaban J connectivity index is 1.43. The van der Waals surface area contributed by atoms with Crippen molar-refractivity contribution in [1.29, 1.82) is 0 Å². The third kappa shape index (κ3) is 6.92. The smallest absolute Gasteiger partial charge is 0.353 e. The number of carboxylic acid groups (broad SMARTS) is 1. The third-order valence-corrected chi connectivity index (χ3v) is 9.82. The number of fused-ring (bicyclic) bond motifs is 1. The average molecular weight is 640 g/mol. The molecular weight excluding hydrogens is 615 g/mol. The standard InChI is InChI=1S/C22H25N9O6S4/c1-9(23)17(32)26-5-6-38-7-10-11(3-2-4-25-10)40-12-8-39-20-14(19(34)31(20)15(12)21(35)36)27-18(33)13(29-37)16-28-22(24)41-30-16/h2-4,9,14,20,37H,5-8,23H2,1H3,(H,26,32)(H,27,33)(H,35,36)(H2,24,28,30)/b29-13-/t9-,14?,20?/m0/s1. The van der Waals surface area contributed by atoms with Crippen molar-refractivity contribution in [2.75, 3.05) is 23.8 Å². The van der Waals surface area contributed by atoms with E-state index in [2.05, 4.69) is 30.1 Å². The van der Waals surface area contributed by atoms with Gasteiger partial charge in [0.25, 0.3) is 11.8 Å². The Labute approximate surface area is 250 Å². The maximum Gasteiger partial charge on any atom is 0.353 e. The summed E-state index contributed by atoms with van der Waals surface area (Å²) in [5, 5.41) is 26.8. The molecule has 3 atom stereocenters. The van der Waals surface area contributed by atoms with Crippen molar-refractivity contribution in [1.82, 2.24) is 29.9 Å². The number of nitrogens with one attached hydrogen (secondary N) is 2. The Hall–Kier alpha value is -3.39. The molecule has 2 aromatic heterocycles. The van der Waals surface area contributed by atoms with E-state index in [-0.39, 0.29) is 28.3 Å². The molecule has 218 valence electrons. The summed E-state index contributed by atoms with van der Waals surface area (Å²) >= 11 is 4.86. The molecule has 1 saturated heterocycles. The molecule has 0 spiro atoms. The van der Waals surface area contributed by atoms with Crippen LogP contribution < -0.4 is 22.1 Å². The first-order valence-corrected chi connectivity index (χ1v) is 15.7. The number of hydrogen-bond donors (Lipinski definition) is 6. The van der Waals surface area contributed by atoms with E-state index in [0.29, 0.717) is 23.0 Å². The number of aliphatic carboxylic acids is 1. The highest BCUT2D eigenvalue weighted by atomic mass is 32.2. The van der Waals surface area contributed by atoms with Gasteiger partial charge in [-0.05, 0) is 19.1 Å². The molecule has 41 heavy (non-hydrogen) atoms. The number of amides is 3. The molecule has 0 aliphatic carbocycles. The topological polar surface area (TPSA) is 239 Å². The number of nitrogens with zero attached hydrogens (tertiary/aromatic N) is 5. The number of hydrogen-bond acceptors (Lipinski definition) is 15. The number of nitrogens with two attached hydrogens (primary N) is 2. The Bertz CT molecular complexity index is 1420. The van der Waals surface area contributed by atoms with Gasteiger partial charge in [-0.15, -0.1) is 11.8 Å². The van der Waals surface area contributed by atoms with E-state index in [1.807, 2.05) is 6.07 Å². The SMILES string of the molecule is C[C@H](N)C(=O)NCCSCc1ncccc1SC1=C(C(=O)O)N2C(=O)C(NC(=O)/C(=N\O)c3nsc(N)n3)C2SC1. The molecule has 2 unspecified atom stereocenters. The molecule has 2 aliphatic rings. The fraction of sp³-hybridized carbons (Fsp3) is 0.364. The number of aromatic nitrogens is 3. The first-order chi connectivity index (χ1) is 19.6. The van der Waals surface area contributed by atoms with Crippen molar-refractivity contribution < 1.29 is 29.5 Å². The monoisotopic (exact) mass is 639 g/mol. The summed E-state index contributed by atoms with van der Waals surface area (Å²) in [7, 11) is 0. The van der Waals surface area contributed by atoms with Gasteiger partial charge in [0.1, 0.15) is 17.1 Å². The molecule has 15 nitrogen and oxygen atoms in total. The van der Waals surface area contributed by atoms with Crippen LogP contribution in [0.15, 0.2) is 39.0 Å². The fourth-order valence-corrected chi connectivity index (χ4v) is 7.65. The molecule has 0 radical (unpaired) electrons. The van der Waals surface area contributed by atoms with Crippen LogP contribution in [0.2, 0.25) is 0 Å². The number of rotatable bonds is 12. The van der Waals surface area contributed by atoms with E-state index >= 15 is 0 Å². The van der Waals surface area contributed by atoms with Crippen molar-refractivity contribution >= 4 is 81.4 Å². The molecule has 0 bridgehead atoms. The summed E-state index contributed by atoms with van der Waals surface area (Å²) in [4.78, 5) is 60.2. The van der Waals surface area contributed by atoms with Gasteiger partial charge in [-0.3, -0.25) is 24.3 Å². The molecule has 2 aromatic rings. The molecule has 0 saturated carbocycles. The molecular formula is C22H25N9O6S4. The van der Waals surface area contributed by atoms with E-state index in [9.17, 15) is 29.5 Å². The summed E-state index contributed by atoms with van der Waals surface area (Å²) in [5.41, 5.74) is 11.1. The highest BCUT2D eigenvalue weighted by Crippen LogP contribution is 2.45. The predicted octanol–water partition coefficient (Wildman–Crippen LogP) is -0.121. The minimum atomic E-state index is -1.28. The molecule has 4 rings (SSSR count). The normalized spacial score (nSPS) is 19.3. The number of anilines is 1. The number of carboxylic acids is 1. The summed E-state index contributed by atoms with van der Waals surface area (Å²) in [6, 6.07) is 1.94. The minimum Gasteiger partial charge on any atom is -0.477 e. The lowest BCUT2D eigenvalue weighted by Gasteiger charge is -2.49. The molecule has 8 N–H and O–H groups in total. The summed E-state index contributed by atoms with van der Waals surface area (Å²) < 4.78 is 3.83. The average Bonchev–Trinajstić information content (AvgIpc) is 3.37. The van der Waals surface area contributed by atoms with E-state index < -0.39 is 41.0 Å². The lowest BCUT2D eigenvalue weighted by Crippen LogP contribution is -2.71. The second kappa shape index (κ2) is 13.5. The van der Waals surface area contributed by atoms with Gasteiger partial charge in [-0.2, -0.15) is 21.1 Å². The summed E-state index contributed by atoms with van der Waals surface area (Å²) in [5.74, 6) is -1.81. The maximum absolute atomic E-state index is 13.0.